The second-order valence-electron chi connectivity index (χ2n) is 10.1. The average molecular weight is 506 g/mol. The Kier molecular flexibility index (Phi) is 5.11. The fraction of sp³-hybridized carbons (Fsp3) is 0.0882. The number of hydrogen-bond acceptors (Lipinski definition) is 4. The van der Waals surface area contributed by atoms with Gasteiger partial charge in [-0.25, -0.2) is 9.97 Å². The highest BCUT2D eigenvalue weighted by molar-refractivity contribution is 7.99. The Balaban J connectivity index is 1.52. The first kappa shape index (κ1) is 22.7. The lowest BCUT2D eigenvalue weighted by Crippen LogP contribution is -2.25. The molecule has 1 aromatic heterocycles. The van der Waals surface area contributed by atoms with E-state index in [0.29, 0.717) is 11.4 Å². The van der Waals surface area contributed by atoms with Gasteiger partial charge in [-0.1, -0.05) is 111 Å². The zero-order chi connectivity index (χ0) is 25.9. The first-order chi connectivity index (χ1) is 18.6. The van der Waals surface area contributed by atoms with E-state index in [-0.39, 0.29) is 5.41 Å². The van der Waals surface area contributed by atoms with Crippen LogP contribution in [0.5, 0.6) is 0 Å². The Morgan fingerprint density at radius 2 is 1.42 bits per heavy atom. The van der Waals surface area contributed by atoms with E-state index in [1.807, 2.05) is 42.5 Å². The van der Waals surface area contributed by atoms with E-state index in [1.54, 1.807) is 11.8 Å². The van der Waals surface area contributed by atoms with Crippen molar-refractivity contribution < 1.29 is 0 Å². The van der Waals surface area contributed by atoms with Gasteiger partial charge in [0.1, 0.15) is 6.07 Å². The van der Waals surface area contributed by atoms with Crippen molar-refractivity contribution in [3.05, 3.63) is 120 Å². The predicted octanol–water partition coefficient (Wildman–Crippen LogP) is 8.78. The van der Waals surface area contributed by atoms with E-state index in [0.717, 1.165) is 49.0 Å². The maximum Gasteiger partial charge on any atom is 0.161 e. The minimum atomic E-state index is -0.320. The van der Waals surface area contributed by atoms with Crippen LogP contribution < -0.4 is 0 Å². The third-order valence-electron chi connectivity index (χ3n) is 7.57. The fourth-order valence-corrected chi connectivity index (χ4v) is 7.16. The highest BCUT2D eigenvalue weighted by atomic mass is 32.2. The SMILES string of the molecule is CC1(C)c2ccccc2Sc2ccc(-c3nc(-c4cccc5ccccc45)nc4ccccc34)c(C#N)c21. The van der Waals surface area contributed by atoms with Crippen LogP contribution in [0, 0.1) is 11.3 Å². The Morgan fingerprint density at radius 3 is 2.29 bits per heavy atom. The molecule has 0 aliphatic carbocycles. The van der Waals surface area contributed by atoms with Gasteiger partial charge >= 0.3 is 0 Å². The summed E-state index contributed by atoms with van der Waals surface area (Å²) in [5, 5.41) is 13.8. The molecule has 0 amide bonds. The normalized spacial score (nSPS) is 13.6. The Morgan fingerprint density at radius 1 is 0.684 bits per heavy atom. The molecule has 2 heterocycles. The van der Waals surface area contributed by atoms with Crippen molar-refractivity contribution in [3.8, 4) is 28.7 Å². The molecule has 1 aliphatic rings. The van der Waals surface area contributed by atoms with Crippen LogP contribution in [0.4, 0.5) is 0 Å². The highest BCUT2D eigenvalue weighted by Crippen LogP contribution is 2.51. The monoisotopic (exact) mass is 505 g/mol. The van der Waals surface area contributed by atoms with Crippen LogP contribution in [0.25, 0.3) is 44.3 Å². The van der Waals surface area contributed by atoms with Crippen LogP contribution in [0.15, 0.2) is 113 Å². The van der Waals surface area contributed by atoms with Crippen LogP contribution >= 0.6 is 11.8 Å². The summed E-state index contributed by atoms with van der Waals surface area (Å²) in [7, 11) is 0. The lowest BCUT2D eigenvalue weighted by molar-refractivity contribution is 0.605. The van der Waals surface area contributed by atoms with Gasteiger partial charge in [0, 0.05) is 31.7 Å². The summed E-state index contributed by atoms with van der Waals surface area (Å²) in [5.74, 6) is 0.663. The van der Waals surface area contributed by atoms with E-state index in [4.69, 9.17) is 9.97 Å². The van der Waals surface area contributed by atoms with Crippen molar-refractivity contribution in [3.63, 3.8) is 0 Å². The average Bonchev–Trinajstić information content (AvgIpc) is 2.96. The van der Waals surface area contributed by atoms with Crippen molar-refractivity contribution in [2.75, 3.05) is 0 Å². The summed E-state index contributed by atoms with van der Waals surface area (Å²) in [6.45, 7) is 4.43. The van der Waals surface area contributed by atoms with Crippen LogP contribution in [0.2, 0.25) is 0 Å². The molecule has 0 atom stereocenters. The first-order valence-corrected chi connectivity index (χ1v) is 13.5. The minimum Gasteiger partial charge on any atom is -0.228 e. The maximum atomic E-state index is 10.6. The van der Waals surface area contributed by atoms with Gasteiger partial charge in [0.25, 0.3) is 0 Å². The molecule has 7 rings (SSSR count). The smallest absolute Gasteiger partial charge is 0.161 e. The van der Waals surface area contributed by atoms with Crippen LogP contribution in [-0.2, 0) is 5.41 Å². The summed E-state index contributed by atoms with van der Waals surface area (Å²) in [5.41, 5.74) is 6.15. The van der Waals surface area contributed by atoms with Crippen molar-refractivity contribution in [1.82, 2.24) is 9.97 Å². The molecule has 0 spiro atoms. The molecule has 0 radical (unpaired) electrons. The highest BCUT2D eigenvalue weighted by Gasteiger charge is 2.36. The quantitative estimate of drug-likeness (QED) is 0.236. The molecule has 4 heteroatoms. The molecule has 0 saturated carbocycles. The topological polar surface area (TPSA) is 49.6 Å². The molecule has 0 unspecified atom stereocenters. The molecule has 3 nitrogen and oxygen atoms in total. The van der Waals surface area contributed by atoms with Gasteiger partial charge in [-0.2, -0.15) is 5.26 Å². The van der Waals surface area contributed by atoms with Gasteiger partial charge in [0.15, 0.2) is 5.82 Å². The molecular weight excluding hydrogens is 482 g/mol. The summed E-state index contributed by atoms with van der Waals surface area (Å²) in [6.07, 6.45) is 0. The second-order valence-corrected chi connectivity index (χ2v) is 11.2. The lowest BCUT2D eigenvalue weighted by atomic mass is 9.74. The molecule has 1 aliphatic heterocycles. The minimum absolute atomic E-state index is 0.320. The number of aromatic nitrogens is 2. The van der Waals surface area contributed by atoms with E-state index in [9.17, 15) is 5.26 Å². The number of nitriles is 1. The largest absolute Gasteiger partial charge is 0.228 e. The summed E-state index contributed by atoms with van der Waals surface area (Å²) < 4.78 is 0. The molecule has 5 aromatic carbocycles. The zero-order valence-electron chi connectivity index (χ0n) is 21.1. The Bertz CT molecular complexity index is 1940. The summed E-state index contributed by atoms with van der Waals surface area (Å²) in [6, 6.07) is 37.9. The molecular formula is C34H23N3S. The third kappa shape index (κ3) is 3.36. The second kappa shape index (κ2) is 8.55. The predicted molar refractivity (Wildman–Crippen MR) is 155 cm³/mol. The van der Waals surface area contributed by atoms with Gasteiger partial charge in [-0.3, -0.25) is 0 Å². The van der Waals surface area contributed by atoms with Crippen molar-refractivity contribution in [2.45, 2.75) is 29.1 Å². The van der Waals surface area contributed by atoms with Gasteiger partial charge in [-0.15, -0.1) is 0 Å². The maximum absolute atomic E-state index is 10.6. The standard InChI is InChI=1S/C34H23N3S/c1-34(2)27-15-6-8-17-29(27)38-30-19-18-23(26(20-35)31(30)34)32-25-13-5-7-16-28(25)36-33(37-32)24-14-9-11-21-10-3-4-12-22(21)24/h3-19H,1-2H3. The lowest BCUT2D eigenvalue weighted by Gasteiger charge is -2.35. The molecule has 180 valence electrons. The molecule has 6 aromatic rings. The molecule has 38 heavy (non-hydrogen) atoms. The van der Waals surface area contributed by atoms with Crippen molar-refractivity contribution in [2.24, 2.45) is 0 Å². The molecule has 0 fully saturated rings. The summed E-state index contributed by atoms with van der Waals surface area (Å²) >= 11 is 1.74. The van der Waals surface area contributed by atoms with E-state index >= 15 is 0 Å². The number of nitrogens with zero attached hydrogens (tertiary/aromatic N) is 3. The number of fused-ring (bicyclic) bond motifs is 4. The van der Waals surface area contributed by atoms with Crippen LogP contribution in [0.1, 0.15) is 30.5 Å². The van der Waals surface area contributed by atoms with Gasteiger partial charge in [0.2, 0.25) is 0 Å². The number of hydrogen-bond donors (Lipinski definition) is 0. The fourth-order valence-electron chi connectivity index (χ4n) is 5.75. The zero-order valence-corrected chi connectivity index (χ0v) is 21.9. The number of para-hydroxylation sites is 1. The number of rotatable bonds is 2. The first-order valence-electron chi connectivity index (χ1n) is 12.7. The molecule has 0 N–H and O–H groups in total. The van der Waals surface area contributed by atoms with E-state index in [2.05, 4.69) is 80.6 Å². The third-order valence-corrected chi connectivity index (χ3v) is 8.71. The van der Waals surface area contributed by atoms with E-state index < -0.39 is 0 Å². The molecule has 0 bridgehead atoms. The van der Waals surface area contributed by atoms with Gasteiger partial charge in [-0.05, 0) is 40.1 Å². The van der Waals surface area contributed by atoms with Crippen molar-refractivity contribution in [1.29, 1.82) is 5.26 Å². The van der Waals surface area contributed by atoms with Crippen LogP contribution in [0.3, 0.4) is 0 Å². The van der Waals surface area contributed by atoms with E-state index in [1.165, 1.54) is 10.5 Å². The Hall–Kier alpha value is -4.46. The van der Waals surface area contributed by atoms with Gasteiger partial charge < -0.3 is 0 Å². The van der Waals surface area contributed by atoms with Gasteiger partial charge in [0.05, 0.1) is 16.8 Å². The van der Waals surface area contributed by atoms with Crippen molar-refractivity contribution >= 4 is 33.4 Å². The summed E-state index contributed by atoms with van der Waals surface area (Å²) in [4.78, 5) is 12.5. The van der Waals surface area contributed by atoms with Crippen LogP contribution in [-0.4, -0.2) is 9.97 Å². The number of benzene rings is 5. The Labute approximate surface area is 225 Å². The molecule has 0 saturated heterocycles.